The average Bonchev–Trinajstić information content (AvgIpc) is 2.35. The standard InChI is InChI=1S/C13H19NO3/c1-9(2)13(17)14-11(8-15)12(16)10-6-4-3-5-7-10/h3-7,9,11-12,15-16H,8H2,1-2H3,(H,14,17)/t11-,12-/m0/s1. The fraction of sp³-hybridized carbons (Fsp3) is 0.462. The van der Waals surface area contributed by atoms with Gasteiger partial charge < -0.3 is 15.5 Å². The lowest BCUT2D eigenvalue weighted by atomic mass is 10.0. The molecule has 0 aromatic heterocycles. The van der Waals surface area contributed by atoms with Crippen molar-refractivity contribution in [3.05, 3.63) is 35.9 Å². The zero-order valence-corrected chi connectivity index (χ0v) is 10.1. The van der Waals surface area contributed by atoms with Gasteiger partial charge in [0.1, 0.15) is 6.10 Å². The number of amides is 1. The maximum Gasteiger partial charge on any atom is 0.222 e. The molecule has 1 aromatic rings. The molecule has 0 radical (unpaired) electrons. The normalized spacial score (nSPS) is 14.4. The molecule has 0 aliphatic heterocycles. The Bertz CT molecular complexity index is 351. The Morgan fingerprint density at radius 1 is 1.29 bits per heavy atom. The van der Waals surface area contributed by atoms with Gasteiger partial charge in [-0.1, -0.05) is 44.2 Å². The molecule has 0 heterocycles. The number of nitrogens with one attached hydrogen (secondary N) is 1. The van der Waals surface area contributed by atoms with Crippen molar-refractivity contribution in [2.45, 2.75) is 26.0 Å². The van der Waals surface area contributed by atoms with Gasteiger partial charge in [-0.3, -0.25) is 4.79 Å². The summed E-state index contributed by atoms with van der Waals surface area (Å²) in [7, 11) is 0. The molecule has 0 bridgehead atoms. The smallest absolute Gasteiger partial charge is 0.222 e. The lowest BCUT2D eigenvalue weighted by Gasteiger charge is -2.23. The molecule has 0 unspecified atom stereocenters. The number of carbonyl (C=O) groups excluding carboxylic acids is 1. The lowest BCUT2D eigenvalue weighted by molar-refractivity contribution is -0.126. The number of rotatable bonds is 5. The monoisotopic (exact) mass is 237 g/mol. The van der Waals surface area contributed by atoms with Crippen LogP contribution in [0.3, 0.4) is 0 Å². The quantitative estimate of drug-likeness (QED) is 0.711. The molecule has 2 atom stereocenters. The first-order valence-electron chi connectivity index (χ1n) is 5.70. The van der Waals surface area contributed by atoms with E-state index < -0.39 is 12.1 Å². The number of benzene rings is 1. The van der Waals surface area contributed by atoms with Crippen LogP contribution in [-0.2, 0) is 4.79 Å². The minimum absolute atomic E-state index is 0.174. The first-order chi connectivity index (χ1) is 8.06. The third-order valence-electron chi connectivity index (χ3n) is 2.57. The summed E-state index contributed by atoms with van der Waals surface area (Å²) >= 11 is 0. The van der Waals surface area contributed by atoms with E-state index in [1.165, 1.54) is 0 Å². The minimum atomic E-state index is -0.899. The number of hydrogen-bond donors (Lipinski definition) is 3. The average molecular weight is 237 g/mol. The molecule has 17 heavy (non-hydrogen) atoms. The summed E-state index contributed by atoms with van der Waals surface area (Å²) in [5.74, 6) is -0.356. The first-order valence-corrected chi connectivity index (χ1v) is 5.70. The van der Waals surface area contributed by atoms with Crippen LogP contribution in [0.2, 0.25) is 0 Å². The molecular formula is C13H19NO3. The molecule has 0 saturated heterocycles. The summed E-state index contributed by atoms with van der Waals surface area (Å²) in [5, 5.41) is 21.9. The van der Waals surface area contributed by atoms with Crippen LogP contribution in [0.4, 0.5) is 0 Å². The van der Waals surface area contributed by atoms with Crippen molar-refractivity contribution in [1.82, 2.24) is 5.32 Å². The molecule has 3 N–H and O–H groups in total. The van der Waals surface area contributed by atoms with Gasteiger partial charge in [-0.15, -0.1) is 0 Å². The fourth-order valence-electron chi connectivity index (χ4n) is 1.46. The van der Waals surface area contributed by atoms with Crippen LogP contribution in [0.1, 0.15) is 25.5 Å². The molecule has 0 aliphatic rings. The van der Waals surface area contributed by atoms with Crippen LogP contribution in [0.25, 0.3) is 0 Å². The van der Waals surface area contributed by atoms with Crippen LogP contribution in [-0.4, -0.2) is 28.8 Å². The van der Waals surface area contributed by atoms with Crippen molar-refractivity contribution in [1.29, 1.82) is 0 Å². The molecule has 94 valence electrons. The summed E-state index contributed by atoms with van der Waals surface area (Å²) in [4.78, 5) is 11.5. The van der Waals surface area contributed by atoms with Gasteiger partial charge in [-0.05, 0) is 5.56 Å². The van der Waals surface area contributed by atoms with Crippen LogP contribution in [0.5, 0.6) is 0 Å². The van der Waals surface area contributed by atoms with E-state index in [9.17, 15) is 15.0 Å². The molecule has 0 saturated carbocycles. The second-order valence-electron chi connectivity index (χ2n) is 4.31. The van der Waals surface area contributed by atoms with Crippen LogP contribution < -0.4 is 5.32 Å². The molecule has 0 spiro atoms. The van der Waals surface area contributed by atoms with Crippen molar-refractivity contribution in [2.24, 2.45) is 5.92 Å². The molecule has 1 rings (SSSR count). The Kier molecular flexibility index (Phi) is 5.12. The molecular weight excluding hydrogens is 218 g/mol. The molecule has 4 nitrogen and oxygen atoms in total. The highest BCUT2D eigenvalue weighted by molar-refractivity contribution is 5.78. The van der Waals surface area contributed by atoms with Crippen molar-refractivity contribution in [3.8, 4) is 0 Å². The van der Waals surface area contributed by atoms with Crippen molar-refractivity contribution >= 4 is 5.91 Å². The highest BCUT2D eigenvalue weighted by atomic mass is 16.3. The third kappa shape index (κ3) is 3.84. The Hall–Kier alpha value is -1.39. The van der Waals surface area contributed by atoms with E-state index in [-0.39, 0.29) is 18.4 Å². The topological polar surface area (TPSA) is 69.6 Å². The summed E-state index contributed by atoms with van der Waals surface area (Å²) in [6.07, 6.45) is -0.899. The van der Waals surface area contributed by atoms with E-state index in [1.54, 1.807) is 38.1 Å². The highest BCUT2D eigenvalue weighted by Gasteiger charge is 2.22. The van der Waals surface area contributed by atoms with E-state index in [0.29, 0.717) is 5.56 Å². The Labute approximate surface area is 101 Å². The van der Waals surface area contributed by atoms with Gasteiger partial charge in [0.2, 0.25) is 5.91 Å². The largest absolute Gasteiger partial charge is 0.394 e. The Morgan fingerprint density at radius 3 is 2.35 bits per heavy atom. The Balaban J connectivity index is 2.71. The minimum Gasteiger partial charge on any atom is -0.394 e. The summed E-state index contributed by atoms with van der Waals surface area (Å²) in [5.41, 5.74) is 0.676. The maximum absolute atomic E-state index is 11.5. The number of aliphatic hydroxyl groups excluding tert-OH is 2. The molecule has 1 aromatic carbocycles. The van der Waals surface area contributed by atoms with Crippen LogP contribution in [0, 0.1) is 5.92 Å². The summed E-state index contributed by atoms with van der Waals surface area (Å²) < 4.78 is 0. The van der Waals surface area contributed by atoms with E-state index in [4.69, 9.17) is 0 Å². The Morgan fingerprint density at radius 2 is 1.88 bits per heavy atom. The van der Waals surface area contributed by atoms with Gasteiger partial charge in [0.15, 0.2) is 0 Å². The van der Waals surface area contributed by atoms with E-state index in [2.05, 4.69) is 5.32 Å². The van der Waals surface area contributed by atoms with Crippen molar-refractivity contribution in [3.63, 3.8) is 0 Å². The number of hydrogen-bond acceptors (Lipinski definition) is 3. The van der Waals surface area contributed by atoms with Gasteiger partial charge in [0, 0.05) is 5.92 Å². The molecule has 1 amide bonds. The second kappa shape index (κ2) is 6.37. The lowest BCUT2D eigenvalue weighted by Crippen LogP contribution is -2.43. The number of carbonyl (C=O) groups is 1. The third-order valence-corrected chi connectivity index (χ3v) is 2.57. The molecule has 0 aliphatic carbocycles. The van der Waals surface area contributed by atoms with Gasteiger partial charge in [-0.25, -0.2) is 0 Å². The maximum atomic E-state index is 11.5. The van der Waals surface area contributed by atoms with E-state index in [0.717, 1.165) is 0 Å². The van der Waals surface area contributed by atoms with Crippen molar-refractivity contribution in [2.75, 3.05) is 6.61 Å². The van der Waals surface area contributed by atoms with Gasteiger partial charge in [0.25, 0.3) is 0 Å². The van der Waals surface area contributed by atoms with Gasteiger partial charge in [0.05, 0.1) is 12.6 Å². The molecule has 4 heteroatoms. The molecule has 0 fully saturated rings. The van der Waals surface area contributed by atoms with Crippen LogP contribution >= 0.6 is 0 Å². The van der Waals surface area contributed by atoms with Gasteiger partial charge in [-0.2, -0.15) is 0 Å². The van der Waals surface area contributed by atoms with E-state index in [1.807, 2.05) is 6.07 Å². The predicted octanol–water partition coefficient (Wildman–Crippen LogP) is 0.853. The predicted molar refractivity (Wildman–Crippen MR) is 65.3 cm³/mol. The number of aliphatic hydroxyl groups is 2. The summed E-state index contributed by atoms with van der Waals surface area (Å²) in [6.45, 7) is 3.23. The summed E-state index contributed by atoms with van der Waals surface area (Å²) in [6, 6.07) is 8.29. The highest BCUT2D eigenvalue weighted by Crippen LogP contribution is 2.16. The van der Waals surface area contributed by atoms with Gasteiger partial charge >= 0.3 is 0 Å². The van der Waals surface area contributed by atoms with Crippen molar-refractivity contribution < 1.29 is 15.0 Å². The van der Waals surface area contributed by atoms with E-state index >= 15 is 0 Å². The zero-order valence-electron chi connectivity index (χ0n) is 10.1. The zero-order chi connectivity index (χ0) is 12.8. The van der Waals surface area contributed by atoms with Crippen LogP contribution in [0.15, 0.2) is 30.3 Å². The second-order valence-corrected chi connectivity index (χ2v) is 4.31. The first kappa shape index (κ1) is 13.7. The fourth-order valence-corrected chi connectivity index (χ4v) is 1.46. The SMILES string of the molecule is CC(C)C(=O)N[C@@H](CO)[C@@H](O)c1ccccc1.